The molecule has 2 atom stereocenters. The molecule has 2 heterocycles. The minimum atomic E-state index is 0. The van der Waals surface area contributed by atoms with Crippen LogP contribution in [0.3, 0.4) is 0 Å². The number of hydrogen-bond acceptors (Lipinski definition) is 3. The van der Waals surface area contributed by atoms with E-state index in [0.29, 0.717) is 6.54 Å². The Balaban J connectivity index is 0.00000144. The number of rotatable bonds is 4. The highest BCUT2D eigenvalue weighted by Gasteiger charge is 2.32. The van der Waals surface area contributed by atoms with Crippen LogP contribution in [0, 0.1) is 5.92 Å². The third kappa shape index (κ3) is 4.12. The summed E-state index contributed by atoms with van der Waals surface area (Å²) in [5.41, 5.74) is 0. The van der Waals surface area contributed by atoms with Crippen molar-refractivity contribution >= 4 is 18.3 Å². The SMILES string of the molecule is CCCNC(=O)CN1CCC2NCCC2C1.Cl. The quantitative estimate of drug-likeness (QED) is 0.780. The van der Waals surface area contributed by atoms with E-state index in [4.69, 9.17) is 0 Å². The summed E-state index contributed by atoms with van der Waals surface area (Å²) in [7, 11) is 0. The normalized spacial score (nSPS) is 28.3. The topological polar surface area (TPSA) is 44.4 Å². The Bertz CT molecular complexity index is 250. The summed E-state index contributed by atoms with van der Waals surface area (Å²) in [5, 5.41) is 6.48. The maximum atomic E-state index is 11.6. The van der Waals surface area contributed by atoms with Gasteiger partial charge in [-0.1, -0.05) is 6.92 Å². The van der Waals surface area contributed by atoms with E-state index in [1.165, 1.54) is 12.8 Å². The van der Waals surface area contributed by atoms with Gasteiger partial charge in [-0.05, 0) is 31.7 Å². The van der Waals surface area contributed by atoms with E-state index >= 15 is 0 Å². The molecule has 2 aliphatic heterocycles. The van der Waals surface area contributed by atoms with Gasteiger partial charge < -0.3 is 10.6 Å². The molecule has 2 aliphatic rings. The molecule has 17 heavy (non-hydrogen) atoms. The summed E-state index contributed by atoms with van der Waals surface area (Å²) in [4.78, 5) is 13.9. The van der Waals surface area contributed by atoms with Crippen molar-refractivity contribution in [2.45, 2.75) is 32.2 Å². The van der Waals surface area contributed by atoms with E-state index in [-0.39, 0.29) is 18.3 Å². The van der Waals surface area contributed by atoms with E-state index in [1.54, 1.807) is 0 Å². The molecule has 2 unspecified atom stereocenters. The van der Waals surface area contributed by atoms with Gasteiger partial charge in [0.2, 0.25) is 5.91 Å². The number of nitrogens with one attached hydrogen (secondary N) is 2. The lowest BCUT2D eigenvalue weighted by Gasteiger charge is -2.34. The Morgan fingerprint density at radius 1 is 1.47 bits per heavy atom. The van der Waals surface area contributed by atoms with Gasteiger partial charge in [-0.3, -0.25) is 9.69 Å². The van der Waals surface area contributed by atoms with Crippen LogP contribution in [0.2, 0.25) is 0 Å². The van der Waals surface area contributed by atoms with Crippen molar-refractivity contribution in [2.75, 3.05) is 32.7 Å². The zero-order chi connectivity index (χ0) is 11.4. The van der Waals surface area contributed by atoms with Crippen molar-refractivity contribution in [3.05, 3.63) is 0 Å². The first-order chi connectivity index (χ1) is 7.79. The number of fused-ring (bicyclic) bond motifs is 1. The van der Waals surface area contributed by atoms with Crippen LogP contribution in [-0.4, -0.2) is 49.6 Å². The zero-order valence-corrected chi connectivity index (χ0v) is 11.4. The second-order valence-electron chi connectivity index (χ2n) is 4.98. The van der Waals surface area contributed by atoms with E-state index in [1.807, 2.05) is 0 Å². The van der Waals surface area contributed by atoms with Gasteiger partial charge in [-0.2, -0.15) is 0 Å². The van der Waals surface area contributed by atoms with Gasteiger partial charge in [-0.25, -0.2) is 0 Å². The Labute approximate surface area is 110 Å². The number of hydrogen-bond donors (Lipinski definition) is 2. The predicted molar refractivity (Wildman–Crippen MR) is 71.5 cm³/mol. The Morgan fingerprint density at radius 3 is 3.06 bits per heavy atom. The lowest BCUT2D eigenvalue weighted by molar-refractivity contribution is -0.122. The third-order valence-corrected chi connectivity index (χ3v) is 3.68. The minimum absolute atomic E-state index is 0. The van der Waals surface area contributed by atoms with Gasteiger partial charge in [0, 0.05) is 25.7 Å². The van der Waals surface area contributed by atoms with Crippen LogP contribution >= 0.6 is 12.4 Å². The number of piperidine rings is 1. The monoisotopic (exact) mass is 261 g/mol. The largest absolute Gasteiger partial charge is 0.355 e. The molecule has 2 fully saturated rings. The van der Waals surface area contributed by atoms with E-state index < -0.39 is 0 Å². The maximum absolute atomic E-state index is 11.6. The highest BCUT2D eigenvalue weighted by molar-refractivity contribution is 5.85. The summed E-state index contributed by atoms with van der Waals surface area (Å²) < 4.78 is 0. The molecule has 5 heteroatoms. The second-order valence-corrected chi connectivity index (χ2v) is 4.98. The minimum Gasteiger partial charge on any atom is -0.355 e. The first kappa shape index (κ1) is 14.7. The first-order valence-corrected chi connectivity index (χ1v) is 6.52. The summed E-state index contributed by atoms with van der Waals surface area (Å²) >= 11 is 0. The lowest BCUT2D eigenvalue weighted by atomic mass is 9.93. The highest BCUT2D eigenvalue weighted by Crippen LogP contribution is 2.24. The fourth-order valence-corrected chi connectivity index (χ4v) is 2.79. The second kappa shape index (κ2) is 7.19. The number of likely N-dealkylation sites (tertiary alicyclic amines) is 1. The molecule has 0 aliphatic carbocycles. The predicted octanol–water partition coefficient (Wildman–Crippen LogP) is 0.618. The van der Waals surface area contributed by atoms with Gasteiger partial charge in [0.1, 0.15) is 0 Å². The standard InChI is InChI=1S/C12H23N3O.ClH/c1-2-5-14-12(16)9-15-7-4-11-10(8-15)3-6-13-11;/h10-11,13H,2-9H2,1H3,(H,14,16);1H. The molecule has 2 N–H and O–H groups in total. The van der Waals surface area contributed by atoms with E-state index in [0.717, 1.165) is 44.6 Å². The first-order valence-electron chi connectivity index (χ1n) is 6.52. The van der Waals surface area contributed by atoms with Gasteiger partial charge in [0.15, 0.2) is 0 Å². The van der Waals surface area contributed by atoms with Crippen molar-refractivity contribution in [3.8, 4) is 0 Å². The molecule has 2 rings (SSSR count). The van der Waals surface area contributed by atoms with Crippen molar-refractivity contribution in [3.63, 3.8) is 0 Å². The van der Waals surface area contributed by atoms with Crippen LogP contribution in [0.4, 0.5) is 0 Å². The van der Waals surface area contributed by atoms with Crippen LogP contribution in [0.1, 0.15) is 26.2 Å². The molecule has 0 bridgehead atoms. The molecule has 100 valence electrons. The van der Waals surface area contributed by atoms with Gasteiger partial charge >= 0.3 is 0 Å². The molecular weight excluding hydrogens is 238 g/mol. The summed E-state index contributed by atoms with van der Waals surface area (Å²) in [6.07, 6.45) is 3.49. The molecule has 0 aromatic heterocycles. The summed E-state index contributed by atoms with van der Waals surface area (Å²) in [6.45, 7) is 6.79. The molecule has 0 saturated carbocycles. The number of carbonyl (C=O) groups excluding carboxylic acids is 1. The number of carbonyl (C=O) groups is 1. The summed E-state index contributed by atoms with van der Waals surface area (Å²) in [5.74, 6) is 0.957. The summed E-state index contributed by atoms with van der Waals surface area (Å²) in [6, 6.07) is 0.718. The average molecular weight is 262 g/mol. The lowest BCUT2D eigenvalue weighted by Crippen LogP contribution is -2.47. The zero-order valence-electron chi connectivity index (χ0n) is 10.6. The Kier molecular flexibility index (Phi) is 6.23. The van der Waals surface area contributed by atoms with Crippen molar-refractivity contribution in [1.29, 1.82) is 0 Å². The molecule has 0 aromatic carbocycles. The molecule has 0 spiro atoms. The Morgan fingerprint density at radius 2 is 2.29 bits per heavy atom. The van der Waals surface area contributed by atoms with Crippen LogP contribution < -0.4 is 10.6 Å². The molecule has 0 aromatic rings. The van der Waals surface area contributed by atoms with Crippen LogP contribution in [0.15, 0.2) is 0 Å². The fourth-order valence-electron chi connectivity index (χ4n) is 2.79. The van der Waals surface area contributed by atoms with Crippen LogP contribution in [0.5, 0.6) is 0 Å². The van der Waals surface area contributed by atoms with E-state index in [9.17, 15) is 4.79 Å². The van der Waals surface area contributed by atoms with E-state index in [2.05, 4.69) is 22.5 Å². The van der Waals surface area contributed by atoms with Crippen LogP contribution in [-0.2, 0) is 4.79 Å². The maximum Gasteiger partial charge on any atom is 0.234 e. The van der Waals surface area contributed by atoms with Crippen molar-refractivity contribution in [1.82, 2.24) is 15.5 Å². The van der Waals surface area contributed by atoms with Crippen molar-refractivity contribution in [2.24, 2.45) is 5.92 Å². The molecule has 0 radical (unpaired) electrons. The van der Waals surface area contributed by atoms with Gasteiger partial charge in [0.05, 0.1) is 6.54 Å². The van der Waals surface area contributed by atoms with Gasteiger partial charge in [-0.15, -0.1) is 12.4 Å². The van der Waals surface area contributed by atoms with Crippen LogP contribution in [0.25, 0.3) is 0 Å². The average Bonchev–Trinajstić information content (AvgIpc) is 2.73. The third-order valence-electron chi connectivity index (χ3n) is 3.68. The van der Waals surface area contributed by atoms with Gasteiger partial charge in [0.25, 0.3) is 0 Å². The molecule has 4 nitrogen and oxygen atoms in total. The van der Waals surface area contributed by atoms with Crippen molar-refractivity contribution < 1.29 is 4.79 Å². The smallest absolute Gasteiger partial charge is 0.234 e. The fraction of sp³-hybridized carbons (Fsp3) is 0.917. The highest BCUT2D eigenvalue weighted by atomic mass is 35.5. The molecule has 1 amide bonds. The Hall–Kier alpha value is -0.320. The number of halogens is 1. The number of nitrogens with zero attached hydrogens (tertiary/aromatic N) is 1. The number of amides is 1. The molecular formula is C12H24ClN3O. The molecule has 2 saturated heterocycles.